The first kappa shape index (κ1) is 17.3. The van der Waals surface area contributed by atoms with E-state index in [1.165, 1.54) is 0 Å². The number of nitrogens with one attached hydrogen (secondary N) is 1. The molecule has 3 heterocycles. The van der Waals surface area contributed by atoms with Gasteiger partial charge in [-0.1, -0.05) is 0 Å². The highest BCUT2D eigenvalue weighted by atomic mass is 32.2. The predicted octanol–water partition coefficient (Wildman–Crippen LogP) is 0.785. The van der Waals surface area contributed by atoms with E-state index in [4.69, 9.17) is 4.74 Å². The van der Waals surface area contributed by atoms with Gasteiger partial charge in [0, 0.05) is 25.5 Å². The molecule has 2 aliphatic heterocycles. The lowest BCUT2D eigenvalue weighted by Crippen LogP contribution is -2.47. The molecule has 0 bridgehead atoms. The molecule has 132 valence electrons. The van der Waals surface area contributed by atoms with Crippen LogP contribution in [0.1, 0.15) is 36.0 Å². The van der Waals surface area contributed by atoms with Gasteiger partial charge in [-0.3, -0.25) is 9.78 Å². The molecule has 24 heavy (non-hydrogen) atoms. The Labute approximate surface area is 142 Å². The lowest BCUT2D eigenvalue weighted by Gasteiger charge is -2.38. The van der Waals surface area contributed by atoms with Gasteiger partial charge in [0.15, 0.2) is 0 Å². The number of hydrogen-bond donors (Lipinski definition) is 1. The highest BCUT2D eigenvalue weighted by Crippen LogP contribution is 2.37. The van der Waals surface area contributed by atoms with Crippen LogP contribution >= 0.6 is 0 Å². The minimum absolute atomic E-state index is 0.0278. The van der Waals surface area contributed by atoms with E-state index in [0.717, 1.165) is 31.9 Å². The normalized spacial score (nSPS) is 27.5. The molecule has 1 aromatic heterocycles. The van der Waals surface area contributed by atoms with Crippen LogP contribution in [0.4, 0.5) is 0 Å². The maximum atomic E-state index is 12.6. The third-order valence-electron chi connectivity index (χ3n) is 4.66. The Balaban J connectivity index is 1.62. The lowest BCUT2D eigenvalue weighted by molar-refractivity contribution is -0.116. The first-order valence-electron chi connectivity index (χ1n) is 8.19. The van der Waals surface area contributed by atoms with Gasteiger partial charge in [-0.05, 0) is 37.8 Å². The Morgan fingerprint density at radius 1 is 1.50 bits per heavy atom. The Hall–Kier alpha value is -1.51. The van der Waals surface area contributed by atoms with E-state index in [2.05, 4.69) is 9.71 Å². The molecule has 3 rings (SSSR count). The fourth-order valence-corrected chi connectivity index (χ4v) is 3.99. The van der Waals surface area contributed by atoms with E-state index in [0.29, 0.717) is 18.7 Å². The summed E-state index contributed by atoms with van der Waals surface area (Å²) in [5.41, 5.74) is 0.237. The molecule has 2 saturated heterocycles. The number of pyridine rings is 1. The molecule has 8 heteroatoms. The fraction of sp³-hybridized carbons (Fsp3) is 0.625. The van der Waals surface area contributed by atoms with E-state index >= 15 is 0 Å². The summed E-state index contributed by atoms with van der Waals surface area (Å²) in [6, 6.07) is 3.52. The number of rotatable bonds is 4. The molecular weight excluding hydrogens is 330 g/mol. The number of ether oxygens (including phenoxy) is 1. The standard InChI is InChI=1S/C16H23N3O4S/c1-24(21,22)18-11-14-5-2-6-16(23-14)7-9-19(12-16)15(20)13-4-3-8-17-10-13/h3-4,8,10,14,18H,2,5-7,9,11-12H2,1H3/t14-,16+/m0/s1. The number of carbonyl (C=O) groups excluding carboxylic acids is 1. The number of nitrogens with zero attached hydrogens (tertiary/aromatic N) is 2. The lowest BCUT2D eigenvalue weighted by atomic mass is 9.90. The minimum Gasteiger partial charge on any atom is -0.368 e. The van der Waals surface area contributed by atoms with Crippen molar-refractivity contribution in [3.63, 3.8) is 0 Å². The third kappa shape index (κ3) is 4.12. The summed E-state index contributed by atoms with van der Waals surface area (Å²) in [5, 5.41) is 0. The molecule has 2 fully saturated rings. The minimum atomic E-state index is -3.22. The van der Waals surface area contributed by atoms with Gasteiger partial charge >= 0.3 is 0 Å². The first-order chi connectivity index (χ1) is 11.4. The van der Waals surface area contributed by atoms with Gasteiger partial charge in [-0.25, -0.2) is 13.1 Å². The molecule has 0 aliphatic carbocycles. The zero-order valence-electron chi connectivity index (χ0n) is 13.8. The summed E-state index contributed by atoms with van der Waals surface area (Å²) in [6.45, 7) is 1.49. The van der Waals surface area contributed by atoms with Crippen LogP contribution in [0.15, 0.2) is 24.5 Å². The van der Waals surface area contributed by atoms with E-state index in [1.54, 1.807) is 24.5 Å². The average molecular weight is 353 g/mol. The van der Waals surface area contributed by atoms with Crippen LogP contribution in [0, 0.1) is 0 Å². The van der Waals surface area contributed by atoms with Gasteiger partial charge in [0.1, 0.15) is 0 Å². The van der Waals surface area contributed by atoms with Crippen LogP contribution in [0.5, 0.6) is 0 Å². The average Bonchev–Trinajstić information content (AvgIpc) is 2.96. The summed E-state index contributed by atoms with van der Waals surface area (Å²) in [5.74, 6) is -0.0278. The second-order valence-electron chi connectivity index (χ2n) is 6.65. The molecule has 0 radical (unpaired) electrons. The number of amides is 1. The Kier molecular flexibility index (Phi) is 4.89. The van der Waals surface area contributed by atoms with Gasteiger partial charge in [0.25, 0.3) is 5.91 Å². The van der Waals surface area contributed by atoms with Crippen LogP contribution in [-0.2, 0) is 14.8 Å². The number of carbonyl (C=O) groups is 1. The molecule has 0 unspecified atom stereocenters. The maximum absolute atomic E-state index is 12.6. The fourth-order valence-electron chi connectivity index (χ4n) is 3.50. The van der Waals surface area contributed by atoms with Crippen molar-refractivity contribution in [2.75, 3.05) is 25.9 Å². The Bertz CT molecular complexity index is 695. The van der Waals surface area contributed by atoms with Crippen molar-refractivity contribution in [3.8, 4) is 0 Å². The molecular formula is C16H23N3O4S. The smallest absolute Gasteiger partial charge is 0.255 e. The first-order valence-corrected chi connectivity index (χ1v) is 10.1. The molecule has 2 aliphatic rings. The van der Waals surface area contributed by atoms with Gasteiger partial charge in [0.05, 0.1) is 30.1 Å². The van der Waals surface area contributed by atoms with E-state index in [-0.39, 0.29) is 24.2 Å². The number of hydrogen-bond acceptors (Lipinski definition) is 5. The van der Waals surface area contributed by atoms with Crippen molar-refractivity contribution in [1.82, 2.24) is 14.6 Å². The summed E-state index contributed by atoms with van der Waals surface area (Å²) >= 11 is 0. The quantitative estimate of drug-likeness (QED) is 0.864. The van der Waals surface area contributed by atoms with Crippen molar-refractivity contribution in [2.24, 2.45) is 0 Å². The van der Waals surface area contributed by atoms with Crippen molar-refractivity contribution in [2.45, 2.75) is 37.4 Å². The second kappa shape index (κ2) is 6.78. The van der Waals surface area contributed by atoms with Gasteiger partial charge in [-0.15, -0.1) is 0 Å². The molecule has 1 spiro atoms. The molecule has 1 amide bonds. The predicted molar refractivity (Wildman–Crippen MR) is 89.1 cm³/mol. The highest BCUT2D eigenvalue weighted by molar-refractivity contribution is 7.88. The molecule has 0 aromatic carbocycles. The second-order valence-corrected chi connectivity index (χ2v) is 8.49. The largest absolute Gasteiger partial charge is 0.368 e. The Morgan fingerprint density at radius 3 is 3.04 bits per heavy atom. The number of sulfonamides is 1. The van der Waals surface area contributed by atoms with Crippen LogP contribution in [-0.4, -0.2) is 61.8 Å². The van der Waals surface area contributed by atoms with Gasteiger partial charge in [-0.2, -0.15) is 0 Å². The maximum Gasteiger partial charge on any atom is 0.255 e. The Morgan fingerprint density at radius 2 is 2.33 bits per heavy atom. The SMILES string of the molecule is CS(=O)(=O)NC[C@@H]1CCC[C@]2(CCN(C(=O)c3cccnc3)C2)O1. The van der Waals surface area contributed by atoms with Crippen LogP contribution < -0.4 is 4.72 Å². The van der Waals surface area contributed by atoms with Crippen molar-refractivity contribution < 1.29 is 17.9 Å². The van der Waals surface area contributed by atoms with Gasteiger partial charge in [0.2, 0.25) is 10.0 Å². The summed E-state index contributed by atoms with van der Waals surface area (Å²) in [4.78, 5) is 18.4. The number of likely N-dealkylation sites (tertiary alicyclic amines) is 1. The topological polar surface area (TPSA) is 88.6 Å². The van der Waals surface area contributed by atoms with E-state index in [9.17, 15) is 13.2 Å². The molecule has 0 saturated carbocycles. The van der Waals surface area contributed by atoms with Crippen LogP contribution in [0.2, 0.25) is 0 Å². The van der Waals surface area contributed by atoms with Crippen LogP contribution in [0.25, 0.3) is 0 Å². The zero-order chi connectivity index (χ0) is 17.2. The van der Waals surface area contributed by atoms with Crippen molar-refractivity contribution >= 4 is 15.9 Å². The molecule has 7 nitrogen and oxygen atoms in total. The van der Waals surface area contributed by atoms with Crippen LogP contribution in [0.3, 0.4) is 0 Å². The van der Waals surface area contributed by atoms with Crippen molar-refractivity contribution in [1.29, 1.82) is 0 Å². The summed E-state index contributed by atoms with van der Waals surface area (Å²) in [7, 11) is -3.22. The van der Waals surface area contributed by atoms with E-state index < -0.39 is 10.0 Å². The molecule has 2 atom stereocenters. The van der Waals surface area contributed by atoms with Crippen molar-refractivity contribution in [3.05, 3.63) is 30.1 Å². The zero-order valence-corrected chi connectivity index (χ0v) is 14.6. The van der Waals surface area contributed by atoms with E-state index in [1.807, 2.05) is 4.90 Å². The molecule has 1 N–H and O–H groups in total. The summed E-state index contributed by atoms with van der Waals surface area (Å²) in [6.07, 6.45) is 7.73. The monoisotopic (exact) mass is 353 g/mol. The van der Waals surface area contributed by atoms with Gasteiger partial charge < -0.3 is 9.64 Å². The molecule has 1 aromatic rings. The number of aromatic nitrogens is 1. The third-order valence-corrected chi connectivity index (χ3v) is 5.35. The summed E-state index contributed by atoms with van der Waals surface area (Å²) < 4.78 is 31.2. The highest BCUT2D eigenvalue weighted by Gasteiger charge is 2.44.